The normalized spacial score (nSPS) is 20.4. The van der Waals surface area contributed by atoms with Crippen molar-refractivity contribution in [1.29, 1.82) is 0 Å². The first-order valence-electron chi connectivity index (χ1n) is 8.22. The number of nitrogens with one attached hydrogen (secondary N) is 2. The van der Waals surface area contributed by atoms with Gasteiger partial charge in [-0.05, 0) is 49.9 Å². The molecule has 0 amide bonds. The topological polar surface area (TPSA) is 24.1 Å². The third-order valence-electron chi connectivity index (χ3n) is 4.84. The van der Waals surface area contributed by atoms with Gasteiger partial charge in [-0.2, -0.15) is 0 Å². The Hall–Kier alpha value is -1.96. The lowest BCUT2D eigenvalue weighted by atomic mass is 9.71. The van der Waals surface area contributed by atoms with Crippen LogP contribution in [0.3, 0.4) is 0 Å². The van der Waals surface area contributed by atoms with Crippen LogP contribution in [0, 0.1) is 6.92 Å². The van der Waals surface area contributed by atoms with Crippen molar-refractivity contribution < 1.29 is 0 Å². The van der Waals surface area contributed by atoms with E-state index in [1.165, 1.54) is 28.1 Å². The quantitative estimate of drug-likeness (QED) is 0.838. The van der Waals surface area contributed by atoms with Crippen LogP contribution in [0.15, 0.2) is 42.5 Å². The van der Waals surface area contributed by atoms with Crippen LogP contribution in [-0.4, -0.2) is 12.6 Å². The van der Waals surface area contributed by atoms with E-state index in [4.69, 9.17) is 0 Å². The van der Waals surface area contributed by atoms with Crippen molar-refractivity contribution in [2.75, 3.05) is 17.2 Å². The van der Waals surface area contributed by atoms with Gasteiger partial charge in [-0.25, -0.2) is 0 Å². The molecule has 2 heteroatoms. The minimum absolute atomic E-state index is 0.0863. The van der Waals surface area contributed by atoms with Gasteiger partial charge in [-0.1, -0.05) is 43.3 Å². The van der Waals surface area contributed by atoms with Crippen molar-refractivity contribution >= 4 is 11.4 Å². The molecular formula is C20H26N2. The molecule has 1 aliphatic heterocycles. The second-order valence-corrected chi connectivity index (χ2v) is 6.83. The zero-order valence-corrected chi connectivity index (χ0v) is 14.0. The fourth-order valence-electron chi connectivity index (χ4n) is 3.54. The summed E-state index contributed by atoms with van der Waals surface area (Å²) in [6.07, 6.45) is 1.13. The number of anilines is 2. The summed E-state index contributed by atoms with van der Waals surface area (Å²) in [5.41, 5.74) is 6.77. The highest BCUT2D eigenvalue weighted by Gasteiger charge is 2.34. The number of hydrogen-bond acceptors (Lipinski definition) is 2. The first-order chi connectivity index (χ1) is 10.5. The van der Waals surface area contributed by atoms with Gasteiger partial charge in [-0.3, -0.25) is 0 Å². The molecule has 2 N–H and O–H groups in total. The SMILES string of the molecule is Cc1c(NC(C)C)ccc2c1NCCC2(C)c1ccccc1. The van der Waals surface area contributed by atoms with E-state index in [0.29, 0.717) is 6.04 Å². The van der Waals surface area contributed by atoms with E-state index in [-0.39, 0.29) is 5.41 Å². The maximum absolute atomic E-state index is 3.63. The van der Waals surface area contributed by atoms with E-state index in [0.717, 1.165) is 13.0 Å². The predicted octanol–water partition coefficient (Wildman–Crippen LogP) is 4.94. The molecule has 22 heavy (non-hydrogen) atoms. The van der Waals surface area contributed by atoms with Crippen molar-refractivity contribution in [1.82, 2.24) is 0 Å². The molecule has 1 atom stereocenters. The summed E-state index contributed by atoms with van der Waals surface area (Å²) in [6, 6.07) is 15.9. The van der Waals surface area contributed by atoms with Crippen molar-refractivity contribution in [2.45, 2.75) is 45.6 Å². The molecule has 0 aromatic heterocycles. The molecule has 116 valence electrons. The van der Waals surface area contributed by atoms with Gasteiger partial charge in [0.15, 0.2) is 0 Å². The average Bonchev–Trinajstić information content (AvgIpc) is 2.51. The first-order valence-corrected chi connectivity index (χ1v) is 8.22. The van der Waals surface area contributed by atoms with Gasteiger partial charge >= 0.3 is 0 Å². The maximum Gasteiger partial charge on any atom is 0.0432 e. The minimum Gasteiger partial charge on any atom is -0.384 e. The van der Waals surface area contributed by atoms with E-state index in [2.05, 4.69) is 80.8 Å². The highest BCUT2D eigenvalue weighted by atomic mass is 14.9. The monoisotopic (exact) mass is 294 g/mol. The molecule has 3 rings (SSSR count). The van der Waals surface area contributed by atoms with Crippen molar-refractivity contribution in [3.8, 4) is 0 Å². The molecule has 0 saturated carbocycles. The van der Waals surface area contributed by atoms with Gasteiger partial charge in [-0.15, -0.1) is 0 Å². The standard InChI is InChI=1S/C20H26N2/c1-14(2)22-18-11-10-17-19(15(18)3)21-13-12-20(17,4)16-8-6-5-7-9-16/h5-11,14,21-22H,12-13H2,1-4H3. The van der Waals surface area contributed by atoms with E-state index < -0.39 is 0 Å². The van der Waals surface area contributed by atoms with Crippen molar-refractivity contribution in [3.63, 3.8) is 0 Å². The van der Waals surface area contributed by atoms with Gasteiger partial charge in [0.25, 0.3) is 0 Å². The summed E-state index contributed by atoms with van der Waals surface area (Å²) in [7, 11) is 0. The molecule has 0 radical (unpaired) electrons. The predicted molar refractivity (Wildman–Crippen MR) is 95.9 cm³/mol. The van der Waals surface area contributed by atoms with Crippen LogP contribution in [0.2, 0.25) is 0 Å². The second-order valence-electron chi connectivity index (χ2n) is 6.83. The fraction of sp³-hybridized carbons (Fsp3) is 0.400. The minimum atomic E-state index is 0.0863. The van der Waals surface area contributed by atoms with Gasteiger partial charge < -0.3 is 10.6 Å². The molecule has 0 saturated heterocycles. The highest BCUT2D eigenvalue weighted by molar-refractivity contribution is 5.72. The van der Waals surface area contributed by atoms with Crippen LogP contribution >= 0.6 is 0 Å². The number of benzene rings is 2. The Kier molecular flexibility index (Phi) is 3.86. The van der Waals surface area contributed by atoms with Crippen LogP contribution in [0.4, 0.5) is 11.4 Å². The molecule has 2 aromatic rings. The van der Waals surface area contributed by atoms with Crippen molar-refractivity contribution in [2.24, 2.45) is 0 Å². The summed E-state index contributed by atoms with van der Waals surface area (Å²) >= 11 is 0. The molecule has 0 aliphatic carbocycles. The summed E-state index contributed by atoms with van der Waals surface area (Å²) in [5, 5.41) is 7.18. The Bertz CT molecular complexity index is 661. The van der Waals surface area contributed by atoms with Gasteiger partial charge in [0, 0.05) is 29.4 Å². The molecule has 2 aromatic carbocycles. The molecule has 0 spiro atoms. The summed E-state index contributed by atoms with van der Waals surface area (Å²) in [6.45, 7) is 9.97. The Morgan fingerprint density at radius 3 is 2.50 bits per heavy atom. The summed E-state index contributed by atoms with van der Waals surface area (Å²) in [5.74, 6) is 0. The third-order valence-corrected chi connectivity index (χ3v) is 4.84. The lowest BCUT2D eigenvalue weighted by Crippen LogP contribution is -2.33. The Labute approximate surface area is 134 Å². The Morgan fingerprint density at radius 1 is 1.09 bits per heavy atom. The van der Waals surface area contributed by atoms with E-state index in [1.54, 1.807) is 0 Å². The molecule has 0 bridgehead atoms. The summed E-state index contributed by atoms with van der Waals surface area (Å²) in [4.78, 5) is 0. The van der Waals surface area contributed by atoms with E-state index in [1.807, 2.05) is 0 Å². The zero-order chi connectivity index (χ0) is 15.7. The molecule has 0 fully saturated rings. The van der Waals surface area contributed by atoms with E-state index >= 15 is 0 Å². The van der Waals surface area contributed by atoms with Crippen LogP contribution in [-0.2, 0) is 5.41 Å². The van der Waals surface area contributed by atoms with Crippen LogP contribution < -0.4 is 10.6 Å². The molecule has 1 unspecified atom stereocenters. The van der Waals surface area contributed by atoms with Gasteiger partial charge in [0.2, 0.25) is 0 Å². The molecule has 1 aliphatic rings. The zero-order valence-electron chi connectivity index (χ0n) is 14.0. The smallest absolute Gasteiger partial charge is 0.0432 e. The van der Waals surface area contributed by atoms with E-state index in [9.17, 15) is 0 Å². The highest BCUT2D eigenvalue weighted by Crippen LogP contribution is 2.44. The molecule has 2 nitrogen and oxygen atoms in total. The Balaban J connectivity index is 2.10. The van der Waals surface area contributed by atoms with Crippen LogP contribution in [0.5, 0.6) is 0 Å². The Morgan fingerprint density at radius 2 is 1.82 bits per heavy atom. The fourth-order valence-corrected chi connectivity index (χ4v) is 3.54. The second kappa shape index (κ2) is 5.68. The van der Waals surface area contributed by atoms with Crippen LogP contribution in [0.25, 0.3) is 0 Å². The van der Waals surface area contributed by atoms with Crippen molar-refractivity contribution in [3.05, 3.63) is 59.2 Å². The number of fused-ring (bicyclic) bond motifs is 1. The maximum atomic E-state index is 3.63. The lowest BCUT2D eigenvalue weighted by molar-refractivity contribution is 0.521. The average molecular weight is 294 g/mol. The lowest BCUT2D eigenvalue weighted by Gasteiger charge is -2.38. The number of rotatable bonds is 3. The summed E-state index contributed by atoms with van der Waals surface area (Å²) < 4.78 is 0. The molecular weight excluding hydrogens is 268 g/mol. The molecule has 1 heterocycles. The van der Waals surface area contributed by atoms with Crippen LogP contribution in [0.1, 0.15) is 43.9 Å². The van der Waals surface area contributed by atoms with Gasteiger partial charge in [0.05, 0.1) is 0 Å². The first kappa shape index (κ1) is 15.0. The number of hydrogen-bond donors (Lipinski definition) is 2. The largest absolute Gasteiger partial charge is 0.384 e. The third kappa shape index (κ3) is 2.47. The van der Waals surface area contributed by atoms with Gasteiger partial charge in [0.1, 0.15) is 0 Å².